The summed E-state index contributed by atoms with van der Waals surface area (Å²) in [5.74, 6) is -0.255. The van der Waals surface area contributed by atoms with Gasteiger partial charge in [-0.05, 0) is 42.3 Å². The molecule has 0 N–H and O–H groups in total. The normalized spacial score (nSPS) is 21.3. The van der Waals surface area contributed by atoms with Crippen LogP contribution in [0.1, 0.15) is 42.7 Å². The molecule has 0 unspecified atom stereocenters. The number of tetrazole rings is 1. The van der Waals surface area contributed by atoms with Crippen LogP contribution in [0.25, 0.3) is 0 Å². The Balaban J connectivity index is 1.95. The summed E-state index contributed by atoms with van der Waals surface area (Å²) < 4.78 is 63.3. The van der Waals surface area contributed by atoms with E-state index in [9.17, 15) is 9.59 Å². The maximum atomic E-state index is 13.2. The monoisotopic (exact) mass is 423 g/mol. The SMILES string of the molecule is [2H]C([2H])([2H])OCC1(N(C(=O)CC)c2ccccc2)CCN(C([2H])([2H])C([2H])([2H])n2nnn(CC)c2=O)CC1. The number of amides is 1. The molecule has 9 nitrogen and oxygen atoms in total. The van der Waals surface area contributed by atoms with E-state index in [2.05, 4.69) is 10.4 Å². The van der Waals surface area contributed by atoms with Crippen LogP contribution >= 0.6 is 0 Å². The first-order valence-corrected chi connectivity index (χ1v) is 10.0. The van der Waals surface area contributed by atoms with Crippen molar-refractivity contribution < 1.29 is 19.1 Å². The van der Waals surface area contributed by atoms with Crippen molar-refractivity contribution in [2.75, 3.05) is 38.1 Å². The molecule has 2 heterocycles. The first-order chi connectivity index (χ1) is 17.2. The second kappa shape index (κ2) is 9.99. The molecule has 0 atom stereocenters. The molecule has 3 rings (SSSR count). The van der Waals surface area contributed by atoms with E-state index in [0.717, 1.165) is 4.68 Å². The van der Waals surface area contributed by atoms with Crippen molar-refractivity contribution in [3.8, 4) is 0 Å². The third-order valence-corrected chi connectivity index (χ3v) is 5.33. The van der Waals surface area contributed by atoms with Crippen molar-refractivity contribution in [3.63, 3.8) is 0 Å². The smallest absolute Gasteiger partial charge is 0.363 e. The predicted octanol–water partition coefficient (Wildman–Crippen LogP) is 1.38. The predicted molar refractivity (Wildman–Crippen MR) is 114 cm³/mol. The Morgan fingerprint density at radius 3 is 2.50 bits per heavy atom. The third kappa shape index (κ3) is 4.62. The average molecular weight is 424 g/mol. The zero-order valence-electron chi connectivity index (χ0n) is 24.2. The van der Waals surface area contributed by atoms with Crippen LogP contribution in [0.4, 0.5) is 5.69 Å². The van der Waals surface area contributed by atoms with Gasteiger partial charge in [-0.15, -0.1) is 0 Å². The summed E-state index contributed by atoms with van der Waals surface area (Å²) in [6.07, 6.45) is 0.333. The van der Waals surface area contributed by atoms with Crippen LogP contribution in [0.15, 0.2) is 35.1 Å². The zero-order chi connectivity index (χ0) is 27.6. The van der Waals surface area contributed by atoms with Gasteiger partial charge in [0.05, 0.1) is 25.5 Å². The van der Waals surface area contributed by atoms with E-state index < -0.39 is 31.3 Å². The molecule has 0 radical (unpaired) electrons. The number of anilines is 1. The van der Waals surface area contributed by atoms with Gasteiger partial charge < -0.3 is 14.5 Å². The van der Waals surface area contributed by atoms with Crippen LogP contribution in [-0.4, -0.2) is 69.4 Å². The van der Waals surface area contributed by atoms with Crippen LogP contribution in [0.2, 0.25) is 0 Å². The summed E-state index contributed by atoms with van der Waals surface area (Å²) in [5, 5.41) is 7.14. The molecule has 2 aromatic rings. The Morgan fingerprint density at radius 2 is 1.90 bits per heavy atom. The van der Waals surface area contributed by atoms with E-state index >= 15 is 0 Å². The van der Waals surface area contributed by atoms with Gasteiger partial charge in [-0.2, -0.15) is 9.36 Å². The molecule has 1 aliphatic heterocycles. The van der Waals surface area contributed by atoms with E-state index in [1.54, 1.807) is 44.2 Å². The fourth-order valence-electron chi connectivity index (χ4n) is 3.68. The molecule has 164 valence electrons. The number of benzene rings is 1. The fourth-order valence-corrected chi connectivity index (χ4v) is 3.68. The number of para-hydroxylation sites is 1. The number of hydrogen-bond acceptors (Lipinski definition) is 6. The van der Waals surface area contributed by atoms with Crippen LogP contribution in [0.3, 0.4) is 0 Å². The minimum atomic E-state index is -2.87. The lowest BCUT2D eigenvalue weighted by Crippen LogP contribution is -2.60. The van der Waals surface area contributed by atoms with Crippen LogP contribution in [0, 0.1) is 0 Å². The number of likely N-dealkylation sites (tertiary alicyclic amines) is 1. The molecule has 1 aliphatic rings. The average Bonchev–Trinajstić information content (AvgIpc) is 3.24. The number of piperidine rings is 1. The molecule has 1 aromatic carbocycles. The minimum absolute atomic E-state index is 0.0478. The van der Waals surface area contributed by atoms with Crippen molar-refractivity contribution in [2.24, 2.45) is 0 Å². The van der Waals surface area contributed by atoms with E-state index in [1.807, 2.05) is 0 Å². The number of aryl methyl sites for hydroxylation is 2. The van der Waals surface area contributed by atoms with Gasteiger partial charge in [-0.1, -0.05) is 25.1 Å². The summed E-state index contributed by atoms with van der Waals surface area (Å²) in [6.45, 7) is -2.50. The molecular formula is C21H32N6O3. The van der Waals surface area contributed by atoms with Gasteiger partial charge in [0.25, 0.3) is 0 Å². The van der Waals surface area contributed by atoms with E-state index in [-0.39, 0.29) is 51.4 Å². The zero-order valence-corrected chi connectivity index (χ0v) is 17.2. The molecule has 0 spiro atoms. The van der Waals surface area contributed by atoms with Crippen molar-refractivity contribution >= 4 is 11.6 Å². The number of carbonyl (C=O) groups is 1. The molecule has 1 amide bonds. The maximum absolute atomic E-state index is 13.2. The van der Waals surface area contributed by atoms with Gasteiger partial charge in [0.15, 0.2) is 0 Å². The number of hydrogen-bond donors (Lipinski definition) is 0. The van der Waals surface area contributed by atoms with Gasteiger partial charge in [-0.3, -0.25) is 4.79 Å². The number of aromatic nitrogens is 4. The summed E-state index contributed by atoms with van der Waals surface area (Å²) in [7, 11) is -2.71. The number of carbonyl (C=O) groups excluding carboxylic acids is 1. The highest BCUT2D eigenvalue weighted by molar-refractivity contribution is 5.94. The topological polar surface area (TPSA) is 85.5 Å². The van der Waals surface area contributed by atoms with Gasteiger partial charge in [0, 0.05) is 48.0 Å². The van der Waals surface area contributed by atoms with Crippen molar-refractivity contribution in [3.05, 3.63) is 40.8 Å². The standard InChI is InChI=1S/C21H32N6O3/c1-4-19(28)27(18-9-7-6-8-10-18)21(17-30-3)11-13-24(14-12-21)15-16-26-20(29)25(5-2)22-23-26/h6-10H,4-5,11-17H2,1-3H3/i3D3,15D2,16D2. The maximum Gasteiger partial charge on any atom is 0.363 e. The molecule has 0 aliphatic carbocycles. The van der Waals surface area contributed by atoms with E-state index in [0.29, 0.717) is 10.4 Å². The second-order valence-corrected chi connectivity index (χ2v) is 7.13. The minimum Gasteiger partial charge on any atom is -0.382 e. The Labute approximate surface area is 187 Å². The molecule has 1 aromatic heterocycles. The Bertz CT molecular complexity index is 1130. The summed E-state index contributed by atoms with van der Waals surface area (Å²) in [6, 6.07) is 8.77. The van der Waals surface area contributed by atoms with E-state index in [4.69, 9.17) is 14.3 Å². The van der Waals surface area contributed by atoms with Crippen molar-refractivity contribution in [2.45, 2.75) is 51.7 Å². The molecule has 1 fully saturated rings. The van der Waals surface area contributed by atoms with Crippen LogP contribution in [-0.2, 0) is 22.6 Å². The molecule has 1 saturated heterocycles. The summed E-state index contributed by atoms with van der Waals surface area (Å²) >= 11 is 0. The second-order valence-electron chi connectivity index (χ2n) is 7.13. The van der Waals surface area contributed by atoms with Crippen LogP contribution < -0.4 is 10.6 Å². The summed E-state index contributed by atoms with van der Waals surface area (Å²) in [4.78, 5) is 28.4. The lowest BCUT2D eigenvalue weighted by molar-refractivity contribution is -0.120. The first kappa shape index (κ1) is 14.5. The number of ether oxygens (including phenoxy) is 1. The molecule has 9 heteroatoms. The number of nitrogens with zero attached hydrogens (tertiary/aromatic N) is 6. The molecule has 0 saturated carbocycles. The van der Waals surface area contributed by atoms with E-state index in [1.165, 1.54) is 9.80 Å². The fraction of sp³-hybridized carbons (Fsp3) is 0.619. The highest BCUT2D eigenvalue weighted by atomic mass is 16.5. The third-order valence-electron chi connectivity index (χ3n) is 5.33. The molecular weight excluding hydrogens is 384 g/mol. The number of methoxy groups -OCH3 is 1. The van der Waals surface area contributed by atoms with Crippen molar-refractivity contribution in [1.82, 2.24) is 24.7 Å². The van der Waals surface area contributed by atoms with Gasteiger partial charge in [0.2, 0.25) is 5.91 Å². The highest BCUT2D eigenvalue weighted by Gasteiger charge is 2.42. The quantitative estimate of drug-likeness (QED) is 0.606. The van der Waals surface area contributed by atoms with Gasteiger partial charge in [-0.25, -0.2) is 4.79 Å². The van der Waals surface area contributed by atoms with Gasteiger partial charge in [0.1, 0.15) is 0 Å². The Kier molecular flexibility index (Phi) is 4.82. The van der Waals surface area contributed by atoms with Crippen molar-refractivity contribution in [1.29, 1.82) is 0 Å². The Hall–Kier alpha value is -2.52. The lowest BCUT2D eigenvalue weighted by atomic mass is 9.85. The largest absolute Gasteiger partial charge is 0.382 e. The molecule has 0 bridgehead atoms. The lowest BCUT2D eigenvalue weighted by Gasteiger charge is -2.48. The number of rotatable bonds is 9. The van der Waals surface area contributed by atoms with Gasteiger partial charge >= 0.3 is 5.69 Å². The summed E-state index contributed by atoms with van der Waals surface area (Å²) in [5.41, 5.74) is -1.44. The highest BCUT2D eigenvalue weighted by Crippen LogP contribution is 2.34. The first-order valence-electron chi connectivity index (χ1n) is 13.5. The Morgan fingerprint density at radius 1 is 1.20 bits per heavy atom. The van der Waals surface area contributed by atoms with Crippen LogP contribution in [0.5, 0.6) is 0 Å². The molecule has 30 heavy (non-hydrogen) atoms.